The van der Waals surface area contributed by atoms with Gasteiger partial charge in [0.2, 0.25) is 0 Å². The van der Waals surface area contributed by atoms with Gasteiger partial charge in [0.1, 0.15) is 17.5 Å². The number of aromatic nitrogens is 2. The molecule has 102 valence electrons. The Bertz CT molecular complexity index is 360. The number of methoxy groups -OCH3 is 2. The average Bonchev–Trinajstić information content (AvgIpc) is 2.34. The molecule has 1 aromatic rings. The van der Waals surface area contributed by atoms with E-state index < -0.39 is 0 Å². The van der Waals surface area contributed by atoms with E-state index in [2.05, 4.69) is 22.2 Å². The van der Waals surface area contributed by atoms with Crippen LogP contribution in [0.2, 0.25) is 0 Å². The molecule has 1 aromatic heterocycles. The van der Waals surface area contributed by atoms with E-state index in [9.17, 15) is 0 Å². The largest absolute Gasteiger partial charge is 0.384 e. The Morgan fingerprint density at radius 1 is 1.39 bits per heavy atom. The minimum atomic E-state index is -0.0131. The summed E-state index contributed by atoms with van der Waals surface area (Å²) in [5, 5.41) is 3.18. The third kappa shape index (κ3) is 4.85. The van der Waals surface area contributed by atoms with E-state index in [-0.39, 0.29) is 6.10 Å². The first-order valence-corrected chi connectivity index (χ1v) is 6.08. The van der Waals surface area contributed by atoms with E-state index in [4.69, 9.17) is 15.2 Å². The lowest BCUT2D eigenvalue weighted by Crippen LogP contribution is -2.27. The summed E-state index contributed by atoms with van der Waals surface area (Å²) in [6.07, 6.45) is 1.81. The number of rotatable bonds is 8. The zero-order valence-electron chi connectivity index (χ0n) is 11.3. The molecule has 0 aliphatic carbocycles. The molecule has 0 amide bonds. The minimum Gasteiger partial charge on any atom is -0.384 e. The maximum Gasteiger partial charge on any atom is 0.133 e. The van der Waals surface area contributed by atoms with Crippen molar-refractivity contribution < 1.29 is 9.47 Å². The fraction of sp³-hybridized carbons (Fsp3) is 0.667. The Hall–Kier alpha value is -1.40. The zero-order chi connectivity index (χ0) is 13.4. The summed E-state index contributed by atoms with van der Waals surface area (Å²) in [5.41, 5.74) is 5.74. The number of nitrogens with one attached hydrogen (secondary N) is 1. The summed E-state index contributed by atoms with van der Waals surface area (Å²) >= 11 is 0. The lowest BCUT2D eigenvalue weighted by Gasteiger charge is -2.15. The van der Waals surface area contributed by atoms with Gasteiger partial charge in [-0.15, -0.1) is 0 Å². The monoisotopic (exact) mass is 254 g/mol. The third-order valence-corrected chi connectivity index (χ3v) is 2.46. The van der Waals surface area contributed by atoms with Gasteiger partial charge in [0.05, 0.1) is 12.7 Å². The van der Waals surface area contributed by atoms with Gasteiger partial charge in [0, 0.05) is 33.3 Å². The highest BCUT2D eigenvalue weighted by Crippen LogP contribution is 2.10. The second-order valence-corrected chi connectivity index (χ2v) is 4.04. The van der Waals surface area contributed by atoms with Crippen LogP contribution in [-0.2, 0) is 15.9 Å². The van der Waals surface area contributed by atoms with Crippen molar-refractivity contribution in [2.24, 2.45) is 0 Å². The van der Waals surface area contributed by atoms with Crippen molar-refractivity contribution in [3.63, 3.8) is 0 Å². The van der Waals surface area contributed by atoms with Crippen LogP contribution in [0.1, 0.15) is 19.2 Å². The number of nitrogens with zero attached hydrogens (tertiary/aromatic N) is 2. The minimum absolute atomic E-state index is 0.0131. The molecule has 18 heavy (non-hydrogen) atoms. The third-order valence-electron chi connectivity index (χ3n) is 2.46. The van der Waals surface area contributed by atoms with E-state index in [1.807, 2.05) is 0 Å². The second-order valence-electron chi connectivity index (χ2n) is 4.04. The molecule has 1 atom stereocenters. The zero-order valence-corrected chi connectivity index (χ0v) is 11.3. The van der Waals surface area contributed by atoms with E-state index >= 15 is 0 Å². The highest BCUT2D eigenvalue weighted by atomic mass is 16.5. The summed E-state index contributed by atoms with van der Waals surface area (Å²) in [4.78, 5) is 8.57. The molecule has 0 aromatic carbocycles. The fourth-order valence-electron chi connectivity index (χ4n) is 1.56. The van der Waals surface area contributed by atoms with Crippen molar-refractivity contribution in [3.8, 4) is 0 Å². The van der Waals surface area contributed by atoms with Gasteiger partial charge in [-0.3, -0.25) is 0 Å². The topological polar surface area (TPSA) is 82.3 Å². The summed E-state index contributed by atoms with van der Waals surface area (Å²) < 4.78 is 10.3. The van der Waals surface area contributed by atoms with Gasteiger partial charge in [-0.1, -0.05) is 6.92 Å². The van der Waals surface area contributed by atoms with E-state index in [1.165, 1.54) is 0 Å². The van der Waals surface area contributed by atoms with Crippen LogP contribution >= 0.6 is 0 Å². The number of nitrogen functional groups attached to an aromatic ring is 1. The van der Waals surface area contributed by atoms with Crippen LogP contribution in [0.15, 0.2) is 6.07 Å². The van der Waals surface area contributed by atoms with Gasteiger partial charge in [0.15, 0.2) is 0 Å². The molecule has 1 heterocycles. The molecular formula is C12H22N4O2. The number of anilines is 2. The molecular weight excluding hydrogens is 232 g/mol. The van der Waals surface area contributed by atoms with E-state index in [0.717, 1.165) is 24.5 Å². The lowest BCUT2D eigenvalue weighted by atomic mass is 10.3. The van der Waals surface area contributed by atoms with Crippen LogP contribution in [0.5, 0.6) is 0 Å². The molecule has 6 nitrogen and oxygen atoms in total. The molecule has 0 spiro atoms. The first-order chi connectivity index (χ1) is 8.69. The van der Waals surface area contributed by atoms with E-state index in [0.29, 0.717) is 19.0 Å². The Morgan fingerprint density at radius 2 is 2.17 bits per heavy atom. The van der Waals surface area contributed by atoms with Crippen LogP contribution in [0, 0.1) is 0 Å². The second kappa shape index (κ2) is 7.84. The molecule has 0 aliphatic heterocycles. The van der Waals surface area contributed by atoms with Crippen LogP contribution in [0.3, 0.4) is 0 Å². The molecule has 1 rings (SSSR count). The summed E-state index contributed by atoms with van der Waals surface area (Å²) in [6.45, 7) is 3.23. The Balaban J connectivity index is 2.60. The molecule has 3 N–H and O–H groups in total. The molecule has 0 bridgehead atoms. The van der Waals surface area contributed by atoms with Crippen molar-refractivity contribution in [2.45, 2.75) is 25.9 Å². The van der Waals surface area contributed by atoms with Crippen molar-refractivity contribution in [3.05, 3.63) is 11.9 Å². The van der Waals surface area contributed by atoms with Gasteiger partial charge in [-0.05, 0) is 6.42 Å². The Labute approximate surface area is 108 Å². The van der Waals surface area contributed by atoms with Gasteiger partial charge in [0.25, 0.3) is 0 Å². The lowest BCUT2D eigenvalue weighted by molar-refractivity contribution is 0.0365. The quantitative estimate of drug-likeness (QED) is 0.722. The van der Waals surface area contributed by atoms with Crippen molar-refractivity contribution >= 4 is 11.6 Å². The van der Waals surface area contributed by atoms with Gasteiger partial charge in [-0.25, -0.2) is 9.97 Å². The van der Waals surface area contributed by atoms with Gasteiger partial charge in [-0.2, -0.15) is 0 Å². The highest BCUT2D eigenvalue weighted by molar-refractivity contribution is 5.44. The number of hydrogen-bond donors (Lipinski definition) is 2. The highest BCUT2D eigenvalue weighted by Gasteiger charge is 2.08. The first kappa shape index (κ1) is 14.7. The van der Waals surface area contributed by atoms with Gasteiger partial charge < -0.3 is 20.5 Å². The molecule has 1 unspecified atom stereocenters. The Kier molecular flexibility index (Phi) is 6.38. The predicted octanol–water partition coefficient (Wildman–Crippen LogP) is 1.08. The number of hydrogen-bond acceptors (Lipinski definition) is 6. The molecule has 0 saturated heterocycles. The molecule has 0 saturated carbocycles. The maximum atomic E-state index is 5.74. The van der Waals surface area contributed by atoms with Crippen LogP contribution in [0.25, 0.3) is 0 Å². The summed E-state index contributed by atoms with van der Waals surface area (Å²) in [7, 11) is 3.30. The number of aryl methyl sites for hydroxylation is 1. The summed E-state index contributed by atoms with van der Waals surface area (Å²) in [5.74, 6) is 1.97. The standard InChI is InChI=1S/C12H22N4O2/c1-4-5-11-15-10(13)6-12(16-11)14-7-9(18-3)8-17-2/h6,9H,4-5,7-8H2,1-3H3,(H3,13,14,15,16). The van der Waals surface area contributed by atoms with E-state index in [1.54, 1.807) is 20.3 Å². The fourth-order valence-corrected chi connectivity index (χ4v) is 1.56. The molecule has 6 heteroatoms. The maximum absolute atomic E-state index is 5.74. The first-order valence-electron chi connectivity index (χ1n) is 6.08. The van der Waals surface area contributed by atoms with Crippen LogP contribution in [0.4, 0.5) is 11.6 Å². The van der Waals surface area contributed by atoms with Crippen LogP contribution < -0.4 is 11.1 Å². The molecule has 0 aliphatic rings. The van der Waals surface area contributed by atoms with Crippen molar-refractivity contribution in [2.75, 3.05) is 38.4 Å². The normalized spacial score (nSPS) is 12.4. The Morgan fingerprint density at radius 3 is 2.78 bits per heavy atom. The summed E-state index contributed by atoms with van der Waals surface area (Å²) in [6, 6.07) is 1.72. The molecule has 0 radical (unpaired) electrons. The van der Waals surface area contributed by atoms with Crippen LogP contribution in [-0.4, -0.2) is 43.4 Å². The van der Waals surface area contributed by atoms with Crippen molar-refractivity contribution in [1.82, 2.24) is 9.97 Å². The SMILES string of the molecule is CCCc1nc(N)cc(NCC(COC)OC)n1. The smallest absolute Gasteiger partial charge is 0.133 e. The van der Waals surface area contributed by atoms with Gasteiger partial charge >= 0.3 is 0 Å². The van der Waals surface area contributed by atoms with Crippen molar-refractivity contribution in [1.29, 1.82) is 0 Å². The average molecular weight is 254 g/mol. The number of ether oxygens (including phenoxy) is 2. The number of nitrogens with two attached hydrogens (primary N) is 1. The molecule has 0 fully saturated rings. The predicted molar refractivity (Wildman–Crippen MR) is 71.6 cm³/mol.